The molecule has 0 saturated heterocycles. The Balaban J connectivity index is 1.67. The SMILES string of the molecule is C/C(=N/Nc1ncnc2sc(-c3ccccc3)cc12)c1ccccn1. The number of benzene rings is 1. The van der Waals surface area contributed by atoms with Crippen molar-refractivity contribution in [1.29, 1.82) is 0 Å². The molecule has 25 heavy (non-hydrogen) atoms. The summed E-state index contributed by atoms with van der Waals surface area (Å²) in [5.74, 6) is 0.693. The largest absolute Gasteiger partial charge is 0.260 e. The standard InChI is InChI=1S/C19H15N5S/c1-13(16-9-5-6-10-20-16)23-24-18-15-11-17(14-7-3-2-4-8-14)25-19(15)22-12-21-18/h2-12H,1H3,(H,21,22,24)/b23-13-. The van der Waals surface area contributed by atoms with Gasteiger partial charge in [-0.1, -0.05) is 36.4 Å². The third-order valence-electron chi connectivity index (χ3n) is 3.75. The first-order valence-corrected chi connectivity index (χ1v) is 8.64. The smallest absolute Gasteiger partial charge is 0.158 e. The number of pyridine rings is 1. The van der Waals surface area contributed by atoms with E-state index < -0.39 is 0 Å². The number of aromatic nitrogens is 3. The quantitative estimate of drug-likeness (QED) is 0.434. The minimum Gasteiger partial charge on any atom is -0.260 e. The number of anilines is 1. The number of thiophene rings is 1. The number of hydrazone groups is 1. The second-order valence-corrected chi connectivity index (χ2v) is 6.47. The van der Waals surface area contributed by atoms with Crippen molar-refractivity contribution in [2.45, 2.75) is 6.92 Å². The number of fused-ring (bicyclic) bond motifs is 1. The van der Waals surface area contributed by atoms with E-state index in [1.165, 1.54) is 5.56 Å². The molecule has 0 aliphatic heterocycles. The van der Waals surface area contributed by atoms with E-state index in [-0.39, 0.29) is 0 Å². The summed E-state index contributed by atoms with van der Waals surface area (Å²) in [7, 11) is 0. The van der Waals surface area contributed by atoms with Gasteiger partial charge in [0.15, 0.2) is 5.82 Å². The first-order valence-electron chi connectivity index (χ1n) is 7.83. The zero-order valence-electron chi connectivity index (χ0n) is 13.5. The van der Waals surface area contributed by atoms with Gasteiger partial charge < -0.3 is 0 Å². The van der Waals surface area contributed by atoms with E-state index in [4.69, 9.17) is 0 Å². The molecule has 6 heteroatoms. The minimum atomic E-state index is 0.693. The van der Waals surface area contributed by atoms with Gasteiger partial charge in [0.05, 0.1) is 16.8 Å². The van der Waals surface area contributed by atoms with Crippen LogP contribution in [0.25, 0.3) is 20.7 Å². The van der Waals surface area contributed by atoms with Crippen molar-refractivity contribution < 1.29 is 0 Å². The lowest BCUT2D eigenvalue weighted by molar-refractivity contribution is 1.18. The summed E-state index contributed by atoms with van der Waals surface area (Å²) in [6.07, 6.45) is 3.31. The first kappa shape index (κ1) is 15.4. The fraction of sp³-hybridized carbons (Fsp3) is 0.0526. The highest BCUT2D eigenvalue weighted by atomic mass is 32.1. The highest BCUT2D eigenvalue weighted by molar-refractivity contribution is 7.21. The van der Waals surface area contributed by atoms with Gasteiger partial charge in [-0.05, 0) is 30.7 Å². The molecule has 5 nitrogen and oxygen atoms in total. The molecule has 1 N–H and O–H groups in total. The van der Waals surface area contributed by atoms with Crippen LogP contribution in [0.1, 0.15) is 12.6 Å². The molecule has 0 radical (unpaired) electrons. The second kappa shape index (κ2) is 6.78. The number of rotatable bonds is 4. The maximum Gasteiger partial charge on any atom is 0.158 e. The van der Waals surface area contributed by atoms with Crippen molar-refractivity contribution in [2.75, 3.05) is 5.43 Å². The molecule has 0 aliphatic rings. The van der Waals surface area contributed by atoms with Gasteiger partial charge >= 0.3 is 0 Å². The molecular formula is C19H15N5S. The van der Waals surface area contributed by atoms with E-state index in [9.17, 15) is 0 Å². The molecule has 0 saturated carbocycles. The van der Waals surface area contributed by atoms with Crippen LogP contribution < -0.4 is 5.43 Å². The van der Waals surface area contributed by atoms with Gasteiger partial charge in [0.25, 0.3) is 0 Å². The summed E-state index contributed by atoms with van der Waals surface area (Å²) < 4.78 is 0. The molecular weight excluding hydrogens is 330 g/mol. The molecule has 3 aromatic heterocycles. The molecule has 0 bridgehead atoms. The van der Waals surface area contributed by atoms with Crippen LogP contribution >= 0.6 is 11.3 Å². The van der Waals surface area contributed by atoms with E-state index in [0.29, 0.717) is 5.82 Å². The predicted molar refractivity (Wildman–Crippen MR) is 103 cm³/mol. The maximum atomic E-state index is 4.42. The van der Waals surface area contributed by atoms with Gasteiger partial charge in [-0.25, -0.2) is 9.97 Å². The van der Waals surface area contributed by atoms with Gasteiger partial charge in [-0.2, -0.15) is 5.10 Å². The second-order valence-electron chi connectivity index (χ2n) is 5.44. The Morgan fingerprint density at radius 2 is 1.84 bits per heavy atom. The fourth-order valence-electron chi connectivity index (χ4n) is 2.46. The third-order valence-corrected chi connectivity index (χ3v) is 4.84. The van der Waals surface area contributed by atoms with Crippen molar-refractivity contribution in [3.63, 3.8) is 0 Å². The zero-order chi connectivity index (χ0) is 17.1. The summed E-state index contributed by atoms with van der Waals surface area (Å²) >= 11 is 1.64. The van der Waals surface area contributed by atoms with Gasteiger partial charge in [0.2, 0.25) is 0 Å². The van der Waals surface area contributed by atoms with Crippen molar-refractivity contribution >= 4 is 33.1 Å². The fourth-order valence-corrected chi connectivity index (χ4v) is 3.46. The Morgan fingerprint density at radius 3 is 2.64 bits per heavy atom. The molecule has 0 amide bonds. The van der Waals surface area contributed by atoms with Gasteiger partial charge in [-0.3, -0.25) is 10.4 Å². The molecule has 3 heterocycles. The molecule has 4 rings (SSSR count). The summed E-state index contributed by atoms with van der Waals surface area (Å²) in [4.78, 5) is 15.1. The zero-order valence-corrected chi connectivity index (χ0v) is 14.4. The highest BCUT2D eigenvalue weighted by Gasteiger charge is 2.10. The molecule has 0 unspecified atom stereocenters. The molecule has 0 aliphatic carbocycles. The van der Waals surface area contributed by atoms with Crippen LogP contribution in [-0.2, 0) is 0 Å². The highest BCUT2D eigenvalue weighted by Crippen LogP contribution is 2.34. The monoisotopic (exact) mass is 345 g/mol. The number of nitrogens with one attached hydrogen (secondary N) is 1. The Hall–Kier alpha value is -3.12. The van der Waals surface area contributed by atoms with E-state index in [2.05, 4.69) is 43.7 Å². The molecule has 122 valence electrons. The number of hydrogen-bond acceptors (Lipinski definition) is 6. The van der Waals surface area contributed by atoms with Crippen LogP contribution in [0.5, 0.6) is 0 Å². The van der Waals surface area contributed by atoms with Crippen molar-refractivity contribution in [3.8, 4) is 10.4 Å². The van der Waals surface area contributed by atoms with Crippen LogP contribution in [0, 0.1) is 0 Å². The lowest BCUT2D eigenvalue weighted by atomic mass is 10.2. The van der Waals surface area contributed by atoms with Crippen molar-refractivity contribution in [2.24, 2.45) is 5.10 Å². The molecule has 0 spiro atoms. The Morgan fingerprint density at radius 1 is 1.00 bits per heavy atom. The lowest BCUT2D eigenvalue weighted by Crippen LogP contribution is -2.02. The summed E-state index contributed by atoms with van der Waals surface area (Å²) in [6, 6.07) is 18.1. The normalized spacial score (nSPS) is 11.6. The van der Waals surface area contributed by atoms with Crippen LogP contribution in [-0.4, -0.2) is 20.7 Å². The van der Waals surface area contributed by atoms with E-state index >= 15 is 0 Å². The van der Waals surface area contributed by atoms with E-state index in [0.717, 1.165) is 26.5 Å². The topological polar surface area (TPSA) is 63.1 Å². The average molecular weight is 345 g/mol. The third kappa shape index (κ3) is 3.25. The van der Waals surface area contributed by atoms with Gasteiger partial charge in [-0.15, -0.1) is 11.3 Å². The van der Waals surface area contributed by atoms with Gasteiger partial charge in [0, 0.05) is 11.1 Å². The Bertz CT molecular complexity index is 1030. The lowest BCUT2D eigenvalue weighted by Gasteiger charge is -2.03. The summed E-state index contributed by atoms with van der Waals surface area (Å²) in [5.41, 5.74) is 5.85. The van der Waals surface area contributed by atoms with Crippen LogP contribution in [0.4, 0.5) is 5.82 Å². The van der Waals surface area contributed by atoms with Crippen molar-refractivity contribution in [3.05, 3.63) is 72.8 Å². The number of nitrogens with zero attached hydrogens (tertiary/aromatic N) is 4. The predicted octanol–water partition coefficient (Wildman–Crippen LogP) is 4.59. The molecule has 0 fully saturated rings. The first-order chi connectivity index (χ1) is 12.3. The van der Waals surface area contributed by atoms with Crippen LogP contribution in [0.2, 0.25) is 0 Å². The Kier molecular flexibility index (Phi) is 4.18. The molecule has 0 atom stereocenters. The summed E-state index contributed by atoms with van der Waals surface area (Å²) in [5, 5.41) is 5.38. The number of hydrogen-bond donors (Lipinski definition) is 1. The van der Waals surface area contributed by atoms with E-state index in [1.54, 1.807) is 23.9 Å². The van der Waals surface area contributed by atoms with Gasteiger partial charge in [0.1, 0.15) is 11.2 Å². The Labute approximate surface area is 149 Å². The average Bonchev–Trinajstić information content (AvgIpc) is 3.12. The molecule has 4 aromatic rings. The maximum absolute atomic E-state index is 4.42. The minimum absolute atomic E-state index is 0.693. The van der Waals surface area contributed by atoms with Crippen LogP contribution in [0.3, 0.4) is 0 Å². The molecule has 1 aromatic carbocycles. The van der Waals surface area contributed by atoms with Crippen LogP contribution in [0.15, 0.2) is 72.2 Å². The van der Waals surface area contributed by atoms with Crippen molar-refractivity contribution in [1.82, 2.24) is 15.0 Å². The van der Waals surface area contributed by atoms with E-state index in [1.807, 2.05) is 43.3 Å². The summed E-state index contributed by atoms with van der Waals surface area (Å²) in [6.45, 7) is 1.91.